The van der Waals surface area contributed by atoms with E-state index in [1.54, 1.807) is 0 Å². The van der Waals surface area contributed by atoms with E-state index >= 15 is 0 Å². The molecule has 0 bridgehead atoms. The van der Waals surface area contributed by atoms with E-state index in [4.69, 9.17) is 10.9 Å². The predicted octanol–water partition coefficient (Wildman–Crippen LogP) is 1.96. The number of nitrogens with two attached hydrogens (primary N) is 1. The molecule has 110 valence electrons. The fourth-order valence-electron chi connectivity index (χ4n) is 1.81. The van der Waals surface area contributed by atoms with Crippen molar-refractivity contribution in [2.75, 3.05) is 6.54 Å². The summed E-state index contributed by atoms with van der Waals surface area (Å²) in [4.78, 5) is 11.6. The maximum absolute atomic E-state index is 11.6. The summed E-state index contributed by atoms with van der Waals surface area (Å²) in [5.41, 5.74) is 7.75. The molecule has 1 rings (SSSR count). The molecule has 4 N–H and O–H groups in total. The Bertz CT molecular complexity index is 441. The fourth-order valence-corrected chi connectivity index (χ4v) is 1.81. The average Bonchev–Trinajstić information content (AvgIpc) is 2.46. The molecule has 0 aromatic heterocycles. The molecule has 5 heteroatoms. The third kappa shape index (κ3) is 6.78. The van der Waals surface area contributed by atoms with E-state index in [-0.39, 0.29) is 11.7 Å². The maximum atomic E-state index is 11.6. The average molecular weight is 277 g/mol. The second-order valence-electron chi connectivity index (χ2n) is 4.88. The van der Waals surface area contributed by atoms with Crippen molar-refractivity contribution in [3.05, 3.63) is 35.4 Å². The number of oxime groups is 1. The van der Waals surface area contributed by atoms with Crippen LogP contribution in [0.5, 0.6) is 0 Å². The number of hydrogen-bond donors (Lipinski definition) is 3. The van der Waals surface area contributed by atoms with Gasteiger partial charge in [0.2, 0.25) is 5.91 Å². The van der Waals surface area contributed by atoms with E-state index in [0.29, 0.717) is 19.4 Å². The molecule has 0 unspecified atom stereocenters. The minimum Gasteiger partial charge on any atom is -0.409 e. The van der Waals surface area contributed by atoms with Gasteiger partial charge in [-0.3, -0.25) is 4.79 Å². The summed E-state index contributed by atoms with van der Waals surface area (Å²) < 4.78 is 0. The van der Waals surface area contributed by atoms with Crippen molar-refractivity contribution in [2.24, 2.45) is 10.9 Å². The SMILES string of the molecule is Cc1ccc(CCC(=O)NCCCCC(N)=NO)cc1. The molecule has 0 saturated heterocycles. The van der Waals surface area contributed by atoms with Crippen LogP contribution in [0.25, 0.3) is 0 Å². The molecule has 0 aliphatic carbocycles. The molecular weight excluding hydrogens is 254 g/mol. The van der Waals surface area contributed by atoms with Gasteiger partial charge in [0.15, 0.2) is 0 Å². The molecule has 0 atom stereocenters. The van der Waals surface area contributed by atoms with Crippen molar-refractivity contribution in [2.45, 2.75) is 39.0 Å². The number of carbonyl (C=O) groups excluding carboxylic acids is 1. The van der Waals surface area contributed by atoms with Crippen molar-refractivity contribution in [1.82, 2.24) is 5.32 Å². The Morgan fingerprint density at radius 2 is 1.95 bits per heavy atom. The molecule has 1 aromatic rings. The summed E-state index contributed by atoms with van der Waals surface area (Å²) in [5, 5.41) is 14.1. The number of nitrogens with one attached hydrogen (secondary N) is 1. The molecular formula is C15H23N3O2. The number of hydrogen-bond acceptors (Lipinski definition) is 3. The van der Waals surface area contributed by atoms with Gasteiger partial charge in [0.25, 0.3) is 0 Å². The van der Waals surface area contributed by atoms with E-state index < -0.39 is 0 Å². The largest absolute Gasteiger partial charge is 0.409 e. The Hall–Kier alpha value is -2.04. The first-order chi connectivity index (χ1) is 9.61. The highest BCUT2D eigenvalue weighted by molar-refractivity contribution is 5.79. The molecule has 0 spiro atoms. The highest BCUT2D eigenvalue weighted by Crippen LogP contribution is 2.05. The number of amidine groups is 1. The normalized spacial score (nSPS) is 11.3. The maximum Gasteiger partial charge on any atom is 0.220 e. The van der Waals surface area contributed by atoms with E-state index in [1.165, 1.54) is 11.1 Å². The number of carbonyl (C=O) groups is 1. The fraction of sp³-hybridized carbons (Fsp3) is 0.467. The van der Waals surface area contributed by atoms with Gasteiger partial charge >= 0.3 is 0 Å². The zero-order chi connectivity index (χ0) is 14.8. The van der Waals surface area contributed by atoms with Crippen LogP contribution in [0.2, 0.25) is 0 Å². The summed E-state index contributed by atoms with van der Waals surface area (Å²) in [6.45, 7) is 2.68. The molecule has 20 heavy (non-hydrogen) atoms. The number of nitrogens with zero attached hydrogens (tertiary/aromatic N) is 1. The van der Waals surface area contributed by atoms with Crippen LogP contribution in [0.3, 0.4) is 0 Å². The van der Waals surface area contributed by atoms with E-state index in [0.717, 1.165) is 19.3 Å². The van der Waals surface area contributed by atoms with E-state index in [9.17, 15) is 4.79 Å². The molecule has 0 aliphatic heterocycles. The summed E-state index contributed by atoms with van der Waals surface area (Å²) in [6, 6.07) is 8.22. The number of rotatable bonds is 8. The van der Waals surface area contributed by atoms with Crippen LogP contribution in [0.15, 0.2) is 29.4 Å². The lowest BCUT2D eigenvalue weighted by Crippen LogP contribution is -2.25. The van der Waals surface area contributed by atoms with Crippen LogP contribution in [0, 0.1) is 6.92 Å². The van der Waals surface area contributed by atoms with Crippen LogP contribution in [-0.2, 0) is 11.2 Å². The lowest BCUT2D eigenvalue weighted by Gasteiger charge is -2.05. The Balaban J connectivity index is 2.10. The van der Waals surface area contributed by atoms with Crippen molar-refractivity contribution >= 4 is 11.7 Å². The van der Waals surface area contributed by atoms with Crippen LogP contribution < -0.4 is 11.1 Å². The molecule has 0 heterocycles. The summed E-state index contributed by atoms with van der Waals surface area (Å²) >= 11 is 0. The van der Waals surface area contributed by atoms with Gasteiger partial charge in [-0.1, -0.05) is 35.0 Å². The second-order valence-corrected chi connectivity index (χ2v) is 4.88. The Kier molecular flexibility index (Phi) is 7.17. The topological polar surface area (TPSA) is 87.7 Å². The molecule has 0 radical (unpaired) electrons. The number of unbranched alkanes of at least 4 members (excludes halogenated alkanes) is 1. The monoisotopic (exact) mass is 277 g/mol. The molecule has 1 amide bonds. The Morgan fingerprint density at radius 3 is 2.60 bits per heavy atom. The lowest BCUT2D eigenvalue weighted by molar-refractivity contribution is -0.121. The highest BCUT2D eigenvalue weighted by atomic mass is 16.4. The number of benzene rings is 1. The minimum atomic E-state index is 0.0642. The van der Waals surface area contributed by atoms with Crippen LogP contribution >= 0.6 is 0 Å². The molecule has 5 nitrogen and oxygen atoms in total. The minimum absolute atomic E-state index is 0.0642. The van der Waals surface area contributed by atoms with Gasteiger partial charge in [0, 0.05) is 19.4 Å². The second kappa shape index (κ2) is 8.96. The van der Waals surface area contributed by atoms with Gasteiger partial charge in [-0.15, -0.1) is 0 Å². The molecule has 0 fully saturated rings. The predicted molar refractivity (Wildman–Crippen MR) is 79.8 cm³/mol. The smallest absolute Gasteiger partial charge is 0.220 e. The first-order valence-corrected chi connectivity index (χ1v) is 6.90. The van der Waals surface area contributed by atoms with Crippen molar-refractivity contribution < 1.29 is 10.0 Å². The van der Waals surface area contributed by atoms with Gasteiger partial charge < -0.3 is 16.3 Å². The summed E-state index contributed by atoms with van der Waals surface area (Å²) in [6.07, 6.45) is 3.44. The van der Waals surface area contributed by atoms with Gasteiger partial charge in [0.05, 0.1) is 0 Å². The molecule has 1 aromatic carbocycles. The number of aryl methyl sites for hydroxylation is 2. The third-order valence-electron chi connectivity index (χ3n) is 3.07. The first kappa shape index (κ1) is 16.0. The summed E-state index contributed by atoms with van der Waals surface area (Å²) in [7, 11) is 0. The van der Waals surface area contributed by atoms with Crippen LogP contribution in [-0.4, -0.2) is 23.5 Å². The Morgan fingerprint density at radius 1 is 1.25 bits per heavy atom. The zero-order valence-corrected chi connectivity index (χ0v) is 11.9. The van der Waals surface area contributed by atoms with Crippen LogP contribution in [0.4, 0.5) is 0 Å². The zero-order valence-electron chi connectivity index (χ0n) is 11.9. The quantitative estimate of drug-likeness (QED) is 0.223. The first-order valence-electron chi connectivity index (χ1n) is 6.90. The van der Waals surface area contributed by atoms with E-state index in [2.05, 4.69) is 34.7 Å². The van der Waals surface area contributed by atoms with E-state index in [1.807, 2.05) is 6.92 Å². The van der Waals surface area contributed by atoms with Gasteiger partial charge in [-0.25, -0.2) is 0 Å². The molecule has 0 saturated carbocycles. The van der Waals surface area contributed by atoms with Crippen molar-refractivity contribution in [1.29, 1.82) is 0 Å². The third-order valence-corrected chi connectivity index (χ3v) is 3.07. The lowest BCUT2D eigenvalue weighted by atomic mass is 10.1. The van der Waals surface area contributed by atoms with Crippen LogP contribution in [0.1, 0.15) is 36.8 Å². The standard InChI is InChI=1S/C15H23N3O2/c1-12-5-7-13(8-6-12)9-10-15(19)17-11-3-2-4-14(16)18-20/h5-8,20H,2-4,9-11H2,1H3,(H2,16,18)(H,17,19). The summed E-state index contributed by atoms with van der Waals surface area (Å²) in [5.74, 6) is 0.296. The Labute approximate surface area is 119 Å². The molecule has 0 aliphatic rings. The van der Waals surface area contributed by atoms with Gasteiger partial charge in [-0.05, 0) is 31.7 Å². The van der Waals surface area contributed by atoms with Gasteiger partial charge in [0.1, 0.15) is 5.84 Å². The number of amides is 1. The van der Waals surface area contributed by atoms with Gasteiger partial charge in [-0.2, -0.15) is 0 Å². The highest BCUT2D eigenvalue weighted by Gasteiger charge is 2.02. The van der Waals surface area contributed by atoms with Crippen molar-refractivity contribution in [3.63, 3.8) is 0 Å². The van der Waals surface area contributed by atoms with Crippen molar-refractivity contribution in [3.8, 4) is 0 Å².